The van der Waals surface area contributed by atoms with E-state index in [9.17, 15) is 4.79 Å². The van der Waals surface area contributed by atoms with Crippen molar-refractivity contribution in [2.75, 3.05) is 5.73 Å². The highest BCUT2D eigenvalue weighted by Crippen LogP contribution is 2.12. The molecule has 12 heavy (non-hydrogen) atoms. The van der Waals surface area contributed by atoms with Crippen molar-refractivity contribution in [3.8, 4) is 0 Å². The average molecular weight is 189 g/mol. The summed E-state index contributed by atoms with van der Waals surface area (Å²) in [5.41, 5.74) is 6.05. The van der Waals surface area contributed by atoms with Crippen molar-refractivity contribution in [3.05, 3.63) is 23.4 Å². The summed E-state index contributed by atoms with van der Waals surface area (Å²) in [5, 5.41) is 8.63. The van der Waals surface area contributed by atoms with E-state index in [-0.39, 0.29) is 23.8 Å². The second-order valence-electron chi connectivity index (χ2n) is 2.19. The average Bonchev–Trinajstić information content (AvgIpc) is 1.85. The molecule has 66 valence electrons. The summed E-state index contributed by atoms with van der Waals surface area (Å²) >= 11 is 0. The highest BCUT2D eigenvalue weighted by molar-refractivity contribution is 5.94. The van der Waals surface area contributed by atoms with Crippen molar-refractivity contribution < 1.29 is 9.90 Å². The molecule has 1 aromatic rings. The maximum atomic E-state index is 10.5. The number of nitrogen functional groups attached to an aromatic ring is 1. The van der Waals surface area contributed by atoms with Gasteiger partial charge < -0.3 is 10.8 Å². The highest BCUT2D eigenvalue weighted by atomic mass is 35.5. The van der Waals surface area contributed by atoms with Crippen LogP contribution in [0.15, 0.2) is 12.3 Å². The van der Waals surface area contributed by atoms with Crippen LogP contribution in [0.25, 0.3) is 0 Å². The van der Waals surface area contributed by atoms with Crippen LogP contribution < -0.4 is 5.73 Å². The minimum Gasteiger partial charge on any atom is -0.478 e. The summed E-state index contributed by atoms with van der Waals surface area (Å²) in [7, 11) is 0. The van der Waals surface area contributed by atoms with Crippen molar-refractivity contribution in [1.29, 1.82) is 0 Å². The van der Waals surface area contributed by atoms with Gasteiger partial charge in [0.25, 0.3) is 0 Å². The Bertz CT molecular complexity index is 281. The molecule has 0 aromatic carbocycles. The van der Waals surface area contributed by atoms with Gasteiger partial charge in [0.15, 0.2) is 0 Å². The van der Waals surface area contributed by atoms with Gasteiger partial charge in [-0.15, -0.1) is 12.4 Å². The summed E-state index contributed by atoms with van der Waals surface area (Å²) in [6.45, 7) is 1.68. The molecule has 1 rings (SSSR count). The van der Waals surface area contributed by atoms with Crippen molar-refractivity contribution in [1.82, 2.24) is 4.98 Å². The molecule has 3 N–H and O–H groups in total. The van der Waals surface area contributed by atoms with Crippen LogP contribution in [0.1, 0.15) is 15.9 Å². The monoisotopic (exact) mass is 188 g/mol. The van der Waals surface area contributed by atoms with Gasteiger partial charge >= 0.3 is 5.97 Å². The van der Waals surface area contributed by atoms with E-state index in [1.54, 1.807) is 13.0 Å². The lowest BCUT2D eigenvalue weighted by Crippen LogP contribution is -2.06. The molecule has 0 aliphatic rings. The lowest BCUT2D eigenvalue weighted by Gasteiger charge is -2.01. The molecule has 1 heterocycles. The largest absolute Gasteiger partial charge is 0.478 e. The SMILES string of the molecule is Cc1ccnc(N)c1C(=O)O.Cl. The number of carboxylic acid groups (broad SMARTS) is 1. The van der Waals surface area contributed by atoms with E-state index in [1.165, 1.54) is 6.20 Å². The molecule has 0 radical (unpaired) electrons. The van der Waals surface area contributed by atoms with E-state index < -0.39 is 5.97 Å². The Morgan fingerprint density at radius 1 is 1.67 bits per heavy atom. The van der Waals surface area contributed by atoms with Gasteiger partial charge in [-0.3, -0.25) is 0 Å². The number of anilines is 1. The van der Waals surface area contributed by atoms with Crippen molar-refractivity contribution >= 4 is 24.2 Å². The number of hydrogen-bond donors (Lipinski definition) is 2. The molecule has 4 nitrogen and oxygen atoms in total. The van der Waals surface area contributed by atoms with Crippen molar-refractivity contribution in [2.45, 2.75) is 6.92 Å². The van der Waals surface area contributed by atoms with Crippen molar-refractivity contribution in [3.63, 3.8) is 0 Å². The fourth-order valence-corrected chi connectivity index (χ4v) is 0.857. The first-order chi connectivity index (χ1) is 5.13. The van der Waals surface area contributed by atoms with Gasteiger partial charge in [-0.25, -0.2) is 9.78 Å². The van der Waals surface area contributed by atoms with Crippen LogP contribution in [0.2, 0.25) is 0 Å². The number of halogens is 1. The summed E-state index contributed by atoms with van der Waals surface area (Å²) in [5.74, 6) is -0.967. The zero-order valence-electron chi connectivity index (χ0n) is 6.44. The molecular weight excluding hydrogens is 180 g/mol. The third-order valence-corrected chi connectivity index (χ3v) is 1.40. The number of aromatic carboxylic acids is 1. The Balaban J connectivity index is 0.00000121. The van der Waals surface area contributed by atoms with Gasteiger partial charge in [-0.05, 0) is 18.6 Å². The molecule has 0 saturated heterocycles. The number of carboxylic acids is 1. The third kappa shape index (κ3) is 1.85. The molecule has 0 fully saturated rings. The van der Waals surface area contributed by atoms with Gasteiger partial charge in [-0.1, -0.05) is 0 Å². The topological polar surface area (TPSA) is 76.2 Å². The van der Waals surface area contributed by atoms with E-state index in [4.69, 9.17) is 10.8 Å². The third-order valence-electron chi connectivity index (χ3n) is 1.40. The molecule has 0 bridgehead atoms. The number of rotatable bonds is 1. The smallest absolute Gasteiger partial charge is 0.339 e. The molecule has 5 heteroatoms. The van der Waals surface area contributed by atoms with E-state index in [2.05, 4.69) is 4.98 Å². The van der Waals surface area contributed by atoms with Gasteiger partial charge in [-0.2, -0.15) is 0 Å². The van der Waals surface area contributed by atoms with E-state index in [0.29, 0.717) is 5.56 Å². The van der Waals surface area contributed by atoms with Gasteiger partial charge in [0.1, 0.15) is 11.4 Å². The number of nitrogens with two attached hydrogens (primary N) is 1. The molecule has 0 aliphatic heterocycles. The van der Waals surface area contributed by atoms with Crippen molar-refractivity contribution in [2.24, 2.45) is 0 Å². The summed E-state index contributed by atoms with van der Waals surface area (Å²) in [4.78, 5) is 14.2. The number of aryl methyl sites for hydroxylation is 1. The zero-order valence-corrected chi connectivity index (χ0v) is 7.26. The number of pyridine rings is 1. The molecule has 0 amide bonds. The quantitative estimate of drug-likeness (QED) is 0.692. The Morgan fingerprint density at radius 2 is 2.25 bits per heavy atom. The minimum absolute atomic E-state index is 0. The van der Waals surface area contributed by atoms with E-state index >= 15 is 0 Å². The lowest BCUT2D eigenvalue weighted by molar-refractivity contribution is 0.0697. The Morgan fingerprint density at radius 3 is 2.58 bits per heavy atom. The van der Waals surface area contributed by atoms with Crippen LogP contribution in [-0.4, -0.2) is 16.1 Å². The lowest BCUT2D eigenvalue weighted by atomic mass is 10.1. The number of nitrogens with zero attached hydrogens (tertiary/aromatic N) is 1. The summed E-state index contributed by atoms with van der Waals surface area (Å²) in [6, 6.07) is 1.61. The number of carbonyl (C=O) groups is 1. The minimum atomic E-state index is -1.03. The molecule has 0 aliphatic carbocycles. The Kier molecular flexibility index (Phi) is 3.50. The fraction of sp³-hybridized carbons (Fsp3) is 0.143. The fourth-order valence-electron chi connectivity index (χ4n) is 0.857. The predicted molar refractivity (Wildman–Crippen MR) is 47.6 cm³/mol. The van der Waals surface area contributed by atoms with E-state index in [0.717, 1.165) is 0 Å². The first kappa shape index (κ1) is 10.7. The first-order valence-corrected chi connectivity index (χ1v) is 3.07. The standard InChI is InChI=1S/C7H8N2O2.ClH/c1-4-2-3-9-6(8)5(4)7(10)11;/h2-3H,1H3,(H2,8,9)(H,10,11);1H. The van der Waals surface area contributed by atoms with Crippen LogP contribution in [0.3, 0.4) is 0 Å². The van der Waals surface area contributed by atoms with Gasteiger partial charge in [0.05, 0.1) is 0 Å². The molecule has 1 aromatic heterocycles. The first-order valence-electron chi connectivity index (χ1n) is 3.07. The van der Waals surface area contributed by atoms with Gasteiger partial charge in [0.2, 0.25) is 0 Å². The Hall–Kier alpha value is -1.29. The number of hydrogen-bond acceptors (Lipinski definition) is 3. The van der Waals surface area contributed by atoms with Crippen LogP contribution in [0.5, 0.6) is 0 Å². The van der Waals surface area contributed by atoms with E-state index in [1.807, 2.05) is 0 Å². The Labute approximate surface area is 75.8 Å². The molecule has 0 atom stereocenters. The zero-order chi connectivity index (χ0) is 8.43. The maximum absolute atomic E-state index is 10.5. The molecule has 0 spiro atoms. The van der Waals surface area contributed by atoms with Crippen LogP contribution in [0.4, 0.5) is 5.82 Å². The maximum Gasteiger partial charge on any atom is 0.339 e. The highest BCUT2D eigenvalue weighted by Gasteiger charge is 2.10. The predicted octanol–water partition coefficient (Wildman–Crippen LogP) is 1.09. The van der Waals surface area contributed by atoms with Crippen LogP contribution >= 0.6 is 12.4 Å². The van der Waals surface area contributed by atoms with Crippen LogP contribution in [-0.2, 0) is 0 Å². The normalized spacial score (nSPS) is 8.75. The van der Waals surface area contributed by atoms with Gasteiger partial charge in [0, 0.05) is 6.20 Å². The molecule has 0 unspecified atom stereocenters. The summed E-state index contributed by atoms with van der Waals surface area (Å²) < 4.78 is 0. The molecular formula is C7H9ClN2O2. The second kappa shape index (κ2) is 3.92. The molecule has 0 saturated carbocycles. The second-order valence-corrected chi connectivity index (χ2v) is 2.19. The number of aromatic nitrogens is 1. The summed E-state index contributed by atoms with van der Waals surface area (Å²) in [6.07, 6.45) is 1.48. The van der Waals surface area contributed by atoms with Crippen LogP contribution in [0, 0.1) is 6.92 Å².